The van der Waals surface area contributed by atoms with Crippen LogP contribution in [-0.4, -0.2) is 62.4 Å². The highest BCUT2D eigenvalue weighted by Crippen LogP contribution is 2.28. The largest absolute Gasteiger partial charge is 0.378 e. The van der Waals surface area contributed by atoms with Gasteiger partial charge in [0.05, 0.1) is 23.9 Å². The third-order valence-electron chi connectivity index (χ3n) is 4.85. The van der Waals surface area contributed by atoms with E-state index in [1.807, 2.05) is 23.1 Å². The van der Waals surface area contributed by atoms with Gasteiger partial charge in [0.25, 0.3) is 0 Å². The number of carbonyl (C=O) groups is 1. The maximum Gasteiger partial charge on any atom is 0.321 e. The Kier molecular flexibility index (Phi) is 6.62. The van der Waals surface area contributed by atoms with Crippen molar-refractivity contribution in [3.05, 3.63) is 23.2 Å². The number of halogens is 1. The van der Waals surface area contributed by atoms with Gasteiger partial charge < -0.3 is 25.2 Å². The predicted octanol–water partition coefficient (Wildman–Crippen LogP) is 3.17. The second kappa shape index (κ2) is 8.93. The molecule has 1 atom stereocenters. The van der Waals surface area contributed by atoms with Crippen LogP contribution in [0.5, 0.6) is 0 Å². The van der Waals surface area contributed by atoms with Crippen molar-refractivity contribution in [2.75, 3.05) is 49.6 Å². The van der Waals surface area contributed by atoms with Gasteiger partial charge in [0.2, 0.25) is 0 Å². The summed E-state index contributed by atoms with van der Waals surface area (Å²) in [5, 5.41) is 7.06. The summed E-state index contributed by atoms with van der Waals surface area (Å²) in [6.07, 6.45) is 2.12. The zero-order chi connectivity index (χ0) is 18.5. The van der Waals surface area contributed by atoms with Crippen molar-refractivity contribution in [1.82, 2.24) is 10.2 Å². The number of hydrogen-bond donors (Lipinski definition) is 2. The number of ether oxygens (including phenoxy) is 1. The van der Waals surface area contributed by atoms with Crippen LogP contribution >= 0.6 is 11.6 Å². The minimum Gasteiger partial charge on any atom is -0.378 e. The maximum absolute atomic E-state index is 12.6. The average molecular weight is 381 g/mol. The maximum atomic E-state index is 12.6. The molecule has 2 heterocycles. The second-order valence-electron chi connectivity index (χ2n) is 7.30. The molecule has 2 saturated heterocycles. The van der Waals surface area contributed by atoms with Gasteiger partial charge in [0, 0.05) is 44.0 Å². The molecule has 3 rings (SSSR count). The third kappa shape index (κ3) is 5.02. The molecule has 6 nitrogen and oxygen atoms in total. The van der Waals surface area contributed by atoms with Crippen molar-refractivity contribution in [3.8, 4) is 0 Å². The van der Waals surface area contributed by atoms with Gasteiger partial charge in [-0.15, -0.1) is 0 Å². The monoisotopic (exact) mass is 380 g/mol. The van der Waals surface area contributed by atoms with E-state index in [-0.39, 0.29) is 6.03 Å². The Morgan fingerprint density at radius 3 is 2.73 bits per heavy atom. The molecular weight excluding hydrogens is 352 g/mol. The third-order valence-corrected chi connectivity index (χ3v) is 5.16. The summed E-state index contributed by atoms with van der Waals surface area (Å²) in [5.41, 5.74) is 1.73. The first-order valence-corrected chi connectivity index (χ1v) is 9.85. The number of amides is 2. The van der Waals surface area contributed by atoms with Crippen molar-refractivity contribution in [3.63, 3.8) is 0 Å². The van der Waals surface area contributed by atoms with E-state index in [9.17, 15) is 4.79 Å². The van der Waals surface area contributed by atoms with Crippen LogP contribution in [0.3, 0.4) is 0 Å². The first-order valence-electron chi connectivity index (χ1n) is 9.47. The summed E-state index contributed by atoms with van der Waals surface area (Å²) in [4.78, 5) is 16.8. The Morgan fingerprint density at radius 2 is 2.04 bits per heavy atom. The van der Waals surface area contributed by atoms with E-state index in [2.05, 4.69) is 29.4 Å². The molecule has 144 valence electrons. The molecule has 0 bridgehead atoms. The number of anilines is 2. The van der Waals surface area contributed by atoms with E-state index >= 15 is 0 Å². The summed E-state index contributed by atoms with van der Waals surface area (Å²) in [6, 6.07) is 6.51. The number of nitrogens with one attached hydrogen (secondary N) is 2. The van der Waals surface area contributed by atoms with Gasteiger partial charge in [0.1, 0.15) is 0 Å². The standard InChI is InChI=1S/C19H29ClN4O2/c1-14(2)21-15-4-3-7-24(13-15)19(25)22-18-6-5-16(12-17(18)20)23-8-10-26-11-9-23/h5-6,12,14-15,21H,3-4,7-11,13H2,1-2H3,(H,22,25). The van der Waals surface area contributed by atoms with E-state index in [0.29, 0.717) is 22.8 Å². The number of piperidine rings is 1. The molecule has 2 aliphatic rings. The molecule has 1 aromatic carbocycles. The lowest BCUT2D eigenvalue weighted by Crippen LogP contribution is -2.50. The Hall–Kier alpha value is -1.50. The summed E-state index contributed by atoms with van der Waals surface area (Å²) >= 11 is 6.43. The summed E-state index contributed by atoms with van der Waals surface area (Å²) < 4.78 is 5.39. The first kappa shape index (κ1) is 19.3. The number of urea groups is 1. The van der Waals surface area contributed by atoms with Gasteiger partial charge in [-0.05, 0) is 31.0 Å². The highest BCUT2D eigenvalue weighted by molar-refractivity contribution is 6.34. The SMILES string of the molecule is CC(C)NC1CCCN(C(=O)Nc2ccc(N3CCOCC3)cc2Cl)C1. The van der Waals surface area contributed by atoms with Gasteiger partial charge in [-0.25, -0.2) is 4.79 Å². The number of morpholine rings is 1. The van der Waals surface area contributed by atoms with E-state index in [0.717, 1.165) is 57.9 Å². The molecule has 0 aromatic heterocycles. The zero-order valence-corrected chi connectivity index (χ0v) is 16.4. The molecule has 2 N–H and O–H groups in total. The van der Waals surface area contributed by atoms with Crippen molar-refractivity contribution in [1.29, 1.82) is 0 Å². The van der Waals surface area contributed by atoms with Gasteiger partial charge in [-0.1, -0.05) is 25.4 Å². The predicted molar refractivity (Wildman–Crippen MR) is 106 cm³/mol. The van der Waals surface area contributed by atoms with Crippen LogP contribution in [0, 0.1) is 0 Å². The van der Waals surface area contributed by atoms with Crippen molar-refractivity contribution < 1.29 is 9.53 Å². The van der Waals surface area contributed by atoms with Crippen LogP contribution in [0.2, 0.25) is 5.02 Å². The average Bonchev–Trinajstić information content (AvgIpc) is 2.63. The lowest BCUT2D eigenvalue weighted by atomic mass is 10.1. The molecule has 0 saturated carbocycles. The zero-order valence-electron chi connectivity index (χ0n) is 15.6. The van der Waals surface area contributed by atoms with Crippen molar-refractivity contribution >= 4 is 29.0 Å². The van der Waals surface area contributed by atoms with Crippen LogP contribution < -0.4 is 15.5 Å². The smallest absolute Gasteiger partial charge is 0.321 e. The summed E-state index contributed by atoms with van der Waals surface area (Å²) in [5.74, 6) is 0. The Labute approximate surface area is 160 Å². The van der Waals surface area contributed by atoms with Crippen molar-refractivity contribution in [2.45, 2.75) is 38.8 Å². The Balaban J connectivity index is 1.60. The van der Waals surface area contributed by atoms with E-state index < -0.39 is 0 Å². The van der Waals surface area contributed by atoms with E-state index in [4.69, 9.17) is 16.3 Å². The van der Waals surface area contributed by atoms with Crippen LogP contribution in [0.1, 0.15) is 26.7 Å². The number of rotatable bonds is 4. The molecule has 2 amide bonds. The minimum atomic E-state index is -0.0821. The van der Waals surface area contributed by atoms with Crippen molar-refractivity contribution in [2.24, 2.45) is 0 Å². The van der Waals surface area contributed by atoms with E-state index in [1.165, 1.54) is 0 Å². The Bertz CT molecular complexity index is 620. The highest BCUT2D eigenvalue weighted by Gasteiger charge is 2.24. The summed E-state index contributed by atoms with van der Waals surface area (Å²) in [7, 11) is 0. The van der Waals surface area contributed by atoms with Crippen LogP contribution in [0.4, 0.5) is 16.2 Å². The summed E-state index contributed by atoms with van der Waals surface area (Å²) in [6.45, 7) is 8.97. The highest BCUT2D eigenvalue weighted by atomic mass is 35.5. The van der Waals surface area contributed by atoms with Crippen LogP contribution in [0.15, 0.2) is 18.2 Å². The molecule has 1 aromatic rings. The number of nitrogens with zero attached hydrogens (tertiary/aromatic N) is 2. The Morgan fingerprint density at radius 1 is 1.27 bits per heavy atom. The number of likely N-dealkylation sites (tertiary alicyclic amines) is 1. The normalized spacial score (nSPS) is 21.2. The molecular formula is C19H29ClN4O2. The first-order chi connectivity index (χ1) is 12.5. The fourth-order valence-corrected chi connectivity index (χ4v) is 3.81. The fraction of sp³-hybridized carbons (Fsp3) is 0.632. The van der Waals surface area contributed by atoms with E-state index in [1.54, 1.807) is 0 Å². The molecule has 7 heteroatoms. The topological polar surface area (TPSA) is 56.8 Å². The number of benzene rings is 1. The molecule has 2 fully saturated rings. The molecule has 0 spiro atoms. The fourth-order valence-electron chi connectivity index (χ4n) is 3.59. The van der Waals surface area contributed by atoms with Gasteiger partial charge >= 0.3 is 6.03 Å². The van der Waals surface area contributed by atoms with Crippen LogP contribution in [0.25, 0.3) is 0 Å². The molecule has 0 aliphatic carbocycles. The number of carbonyl (C=O) groups excluding carboxylic acids is 1. The molecule has 1 unspecified atom stereocenters. The molecule has 26 heavy (non-hydrogen) atoms. The minimum absolute atomic E-state index is 0.0821. The lowest BCUT2D eigenvalue weighted by Gasteiger charge is -2.34. The molecule has 2 aliphatic heterocycles. The molecule has 0 radical (unpaired) electrons. The van der Waals surface area contributed by atoms with Gasteiger partial charge in [-0.3, -0.25) is 0 Å². The quantitative estimate of drug-likeness (QED) is 0.842. The second-order valence-corrected chi connectivity index (χ2v) is 7.71. The van der Waals surface area contributed by atoms with Gasteiger partial charge in [-0.2, -0.15) is 0 Å². The number of hydrogen-bond acceptors (Lipinski definition) is 4. The lowest BCUT2D eigenvalue weighted by molar-refractivity contribution is 0.122. The van der Waals surface area contributed by atoms with Crippen LogP contribution in [-0.2, 0) is 4.74 Å². The van der Waals surface area contributed by atoms with Gasteiger partial charge in [0.15, 0.2) is 0 Å².